The van der Waals surface area contributed by atoms with E-state index in [1.807, 2.05) is 13.8 Å². The smallest absolute Gasteiger partial charge is 0.340 e. The molecule has 1 N–H and O–H groups in total. The molecule has 0 aliphatic carbocycles. The number of hydrogen-bond acceptors (Lipinski definition) is 4. The molecule has 0 amide bonds. The van der Waals surface area contributed by atoms with Crippen LogP contribution in [-0.4, -0.2) is 27.3 Å². The molecule has 1 heterocycles. The number of aromatic carboxylic acids is 1. The monoisotopic (exact) mass is 212 g/mol. The second-order valence-electron chi connectivity index (χ2n) is 3.11. The predicted octanol–water partition coefficient (Wildman–Crippen LogP) is 2.02. The van der Waals surface area contributed by atoms with Gasteiger partial charge in [-0.2, -0.15) is 0 Å². The summed E-state index contributed by atoms with van der Waals surface area (Å²) in [6.45, 7) is 3.94. The fourth-order valence-corrected chi connectivity index (χ4v) is 1.50. The average Bonchev–Trinajstić information content (AvgIpc) is 2.16. The zero-order valence-corrected chi connectivity index (χ0v) is 9.13. The summed E-state index contributed by atoms with van der Waals surface area (Å²) in [5.41, 5.74) is 0.168. The summed E-state index contributed by atoms with van der Waals surface area (Å²) in [6.07, 6.45) is 3.18. The van der Waals surface area contributed by atoms with Gasteiger partial charge in [0.05, 0.1) is 0 Å². The first-order valence-electron chi connectivity index (χ1n) is 4.20. The van der Waals surface area contributed by atoms with Gasteiger partial charge in [-0.3, -0.25) is 0 Å². The average molecular weight is 212 g/mol. The zero-order valence-electron chi connectivity index (χ0n) is 8.31. The summed E-state index contributed by atoms with van der Waals surface area (Å²) in [7, 11) is 0. The van der Waals surface area contributed by atoms with E-state index in [1.165, 1.54) is 18.0 Å². The topological polar surface area (TPSA) is 63.1 Å². The fourth-order valence-electron chi connectivity index (χ4n) is 0.960. The zero-order chi connectivity index (χ0) is 10.7. The highest BCUT2D eigenvalue weighted by Crippen LogP contribution is 2.19. The highest BCUT2D eigenvalue weighted by atomic mass is 32.2. The Morgan fingerprint density at radius 1 is 1.57 bits per heavy atom. The summed E-state index contributed by atoms with van der Waals surface area (Å²) in [5.74, 6) is -0.0900. The maximum atomic E-state index is 10.8. The molecule has 0 atom stereocenters. The van der Waals surface area contributed by atoms with E-state index in [0.717, 1.165) is 0 Å². The van der Waals surface area contributed by atoms with Crippen LogP contribution in [0.5, 0.6) is 0 Å². The quantitative estimate of drug-likeness (QED) is 0.613. The van der Waals surface area contributed by atoms with Crippen LogP contribution in [0.4, 0.5) is 0 Å². The van der Waals surface area contributed by atoms with E-state index in [2.05, 4.69) is 9.97 Å². The summed E-state index contributed by atoms with van der Waals surface area (Å²) >= 11 is 1.32. The van der Waals surface area contributed by atoms with Crippen molar-refractivity contribution in [2.45, 2.75) is 24.8 Å². The van der Waals surface area contributed by atoms with Crippen molar-refractivity contribution in [3.8, 4) is 0 Å². The first-order valence-corrected chi connectivity index (χ1v) is 5.43. The molecule has 1 rings (SSSR count). The first-order chi connectivity index (χ1) is 6.56. The largest absolute Gasteiger partial charge is 0.478 e. The lowest BCUT2D eigenvalue weighted by atomic mass is 10.2. The molecule has 0 bridgehead atoms. The lowest BCUT2D eigenvalue weighted by Crippen LogP contribution is -2.06. The van der Waals surface area contributed by atoms with Crippen LogP contribution in [0.2, 0.25) is 0 Å². The van der Waals surface area contributed by atoms with Crippen molar-refractivity contribution in [1.29, 1.82) is 0 Å². The number of hydrogen-bond donors (Lipinski definition) is 1. The van der Waals surface area contributed by atoms with Crippen LogP contribution in [0, 0.1) is 0 Å². The van der Waals surface area contributed by atoms with Gasteiger partial charge < -0.3 is 5.11 Å². The third-order valence-electron chi connectivity index (χ3n) is 1.71. The van der Waals surface area contributed by atoms with Gasteiger partial charge in [0.1, 0.15) is 16.4 Å². The molecule has 0 aliphatic heterocycles. The molecule has 0 spiro atoms. The highest BCUT2D eigenvalue weighted by Gasteiger charge is 2.13. The molecule has 76 valence electrons. The minimum atomic E-state index is -0.982. The molecule has 0 unspecified atom stereocenters. The highest BCUT2D eigenvalue weighted by molar-refractivity contribution is 7.98. The maximum absolute atomic E-state index is 10.8. The molecule has 1 aromatic heterocycles. The Balaban J connectivity index is 3.18. The molecule has 1 aromatic rings. The Morgan fingerprint density at radius 3 is 2.64 bits per heavy atom. The van der Waals surface area contributed by atoms with Crippen LogP contribution < -0.4 is 0 Å². The van der Waals surface area contributed by atoms with Gasteiger partial charge in [-0.05, 0) is 6.26 Å². The van der Waals surface area contributed by atoms with E-state index in [1.54, 1.807) is 6.26 Å². The van der Waals surface area contributed by atoms with Crippen molar-refractivity contribution in [3.63, 3.8) is 0 Å². The molecule has 5 heteroatoms. The van der Waals surface area contributed by atoms with Gasteiger partial charge in [0.15, 0.2) is 0 Å². The molecular formula is C9H12N2O2S. The van der Waals surface area contributed by atoms with Gasteiger partial charge >= 0.3 is 5.97 Å². The van der Waals surface area contributed by atoms with Gasteiger partial charge in [0.25, 0.3) is 0 Å². The Morgan fingerprint density at radius 2 is 2.21 bits per heavy atom. The number of rotatable bonds is 3. The summed E-state index contributed by atoms with van der Waals surface area (Å²) in [4.78, 5) is 19.0. The number of thioether (sulfide) groups is 1. The van der Waals surface area contributed by atoms with Gasteiger partial charge in [-0.25, -0.2) is 14.8 Å². The predicted molar refractivity (Wildman–Crippen MR) is 54.9 cm³/mol. The van der Waals surface area contributed by atoms with Gasteiger partial charge in [-0.1, -0.05) is 13.8 Å². The van der Waals surface area contributed by atoms with Crippen LogP contribution in [0.3, 0.4) is 0 Å². The third-order valence-corrected chi connectivity index (χ3v) is 2.41. The van der Waals surface area contributed by atoms with Gasteiger partial charge in [0.2, 0.25) is 0 Å². The van der Waals surface area contributed by atoms with E-state index in [9.17, 15) is 4.79 Å². The molecule has 4 nitrogen and oxygen atoms in total. The summed E-state index contributed by atoms with van der Waals surface area (Å²) in [5, 5.41) is 9.36. The van der Waals surface area contributed by atoms with Gasteiger partial charge in [0, 0.05) is 12.1 Å². The standard InChI is InChI=1S/C9H12N2O2S/c1-5(2)7-10-4-6(9(12)13)8(11-7)14-3/h4-5H,1-3H3,(H,12,13). The molecule has 0 aliphatic rings. The van der Waals surface area contributed by atoms with E-state index in [0.29, 0.717) is 10.9 Å². The van der Waals surface area contributed by atoms with E-state index < -0.39 is 5.97 Å². The Labute approximate surface area is 86.8 Å². The molecule has 0 fully saturated rings. The first kappa shape index (κ1) is 11.0. The van der Waals surface area contributed by atoms with Crippen molar-refractivity contribution < 1.29 is 9.90 Å². The van der Waals surface area contributed by atoms with Crippen LogP contribution in [0.15, 0.2) is 11.2 Å². The van der Waals surface area contributed by atoms with E-state index >= 15 is 0 Å². The van der Waals surface area contributed by atoms with Crippen LogP contribution in [0.25, 0.3) is 0 Å². The molecule has 0 saturated carbocycles. The second kappa shape index (κ2) is 4.41. The SMILES string of the molecule is CSc1nc(C(C)C)ncc1C(=O)O. The van der Waals surface area contributed by atoms with Crippen molar-refractivity contribution in [2.24, 2.45) is 0 Å². The maximum Gasteiger partial charge on any atom is 0.340 e. The minimum Gasteiger partial charge on any atom is -0.478 e. The lowest BCUT2D eigenvalue weighted by molar-refractivity contribution is 0.0691. The molecule has 0 radical (unpaired) electrons. The van der Waals surface area contributed by atoms with E-state index in [-0.39, 0.29) is 11.5 Å². The normalized spacial score (nSPS) is 10.6. The number of carboxylic acids is 1. The van der Waals surface area contributed by atoms with Crippen LogP contribution in [0.1, 0.15) is 35.9 Å². The van der Waals surface area contributed by atoms with Crippen molar-refractivity contribution >= 4 is 17.7 Å². The van der Waals surface area contributed by atoms with Crippen LogP contribution >= 0.6 is 11.8 Å². The number of nitrogens with zero attached hydrogens (tertiary/aromatic N) is 2. The Bertz CT molecular complexity index is 353. The van der Waals surface area contributed by atoms with Crippen LogP contribution in [-0.2, 0) is 0 Å². The Hall–Kier alpha value is -1.10. The number of aromatic nitrogens is 2. The summed E-state index contributed by atoms with van der Waals surface area (Å²) in [6, 6.07) is 0. The lowest BCUT2D eigenvalue weighted by Gasteiger charge is -2.06. The minimum absolute atomic E-state index is 0.168. The Kier molecular flexibility index (Phi) is 3.46. The fraction of sp³-hybridized carbons (Fsp3) is 0.444. The number of carbonyl (C=O) groups is 1. The van der Waals surface area contributed by atoms with E-state index in [4.69, 9.17) is 5.11 Å². The number of carboxylic acid groups (broad SMARTS) is 1. The molecule has 0 saturated heterocycles. The summed E-state index contributed by atoms with van der Waals surface area (Å²) < 4.78 is 0. The molecule has 14 heavy (non-hydrogen) atoms. The molecular weight excluding hydrogens is 200 g/mol. The molecule has 0 aromatic carbocycles. The van der Waals surface area contributed by atoms with Crippen molar-refractivity contribution in [1.82, 2.24) is 9.97 Å². The van der Waals surface area contributed by atoms with Crippen molar-refractivity contribution in [2.75, 3.05) is 6.26 Å². The third kappa shape index (κ3) is 2.23. The van der Waals surface area contributed by atoms with Crippen molar-refractivity contribution in [3.05, 3.63) is 17.6 Å². The second-order valence-corrected chi connectivity index (χ2v) is 3.91. The van der Waals surface area contributed by atoms with Gasteiger partial charge in [-0.15, -0.1) is 11.8 Å².